The van der Waals surface area contributed by atoms with Crippen molar-refractivity contribution in [3.8, 4) is 17.1 Å². The van der Waals surface area contributed by atoms with Crippen LogP contribution in [0.4, 0.5) is 4.39 Å². The van der Waals surface area contributed by atoms with Gasteiger partial charge in [-0.15, -0.1) is 0 Å². The summed E-state index contributed by atoms with van der Waals surface area (Å²) in [5.74, 6) is 0.893. The number of halogens is 1. The zero-order valence-corrected chi connectivity index (χ0v) is 15.4. The Morgan fingerprint density at radius 1 is 1.25 bits per heavy atom. The van der Waals surface area contributed by atoms with Crippen molar-refractivity contribution in [3.05, 3.63) is 77.7 Å². The van der Waals surface area contributed by atoms with Gasteiger partial charge in [0.1, 0.15) is 17.3 Å². The van der Waals surface area contributed by atoms with Crippen LogP contribution in [0.15, 0.2) is 59.3 Å². The topological polar surface area (TPSA) is 80.0 Å². The molecule has 1 amide bonds. The lowest BCUT2D eigenvalue weighted by Crippen LogP contribution is -2.26. The number of aromatic amines is 1. The van der Waals surface area contributed by atoms with Crippen LogP contribution in [0.1, 0.15) is 21.8 Å². The number of hydrogen-bond donors (Lipinski definition) is 1. The number of nitrogens with zero attached hydrogens (tertiary/aromatic N) is 4. The molecule has 0 radical (unpaired) electrons. The molecule has 0 saturated carbocycles. The molecule has 0 unspecified atom stereocenters. The molecular weight excluding hydrogens is 361 g/mol. The van der Waals surface area contributed by atoms with Gasteiger partial charge in [-0.25, -0.2) is 9.07 Å². The molecule has 0 aliphatic rings. The van der Waals surface area contributed by atoms with Gasteiger partial charge in [-0.05, 0) is 43.3 Å². The van der Waals surface area contributed by atoms with Crippen molar-refractivity contribution < 1.29 is 13.6 Å². The zero-order valence-electron chi connectivity index (χ0n) is 15.4. The lowest BCUT2D eigenvalue weighted by molar-refractivity contribution is 0.0779. The second-order valence-corrected chi connectivity index (χ2v) is 6.51. The summed E-state index contributed by atoms with van der Waals surface area (Å²) in [6.45, 7) is 2.22. The van der Waals surface area contributed by atoms with Crippen LogP contribution in [0.5, 0.6) is 0 Å². The van der Waals surface area contributed by atoms with Crippen LogP contribution in [-0.2, 0) is 6.54 Å². The number of carbonyl (C=O) groups excluding carboxylic acids is 1. The highest BCUT2D eigenvalue weighted by Crippen LogP contribution is 2.21. The van der Waals surface area contributed by atoms with Gasteiger partial charge in [0, 0.05) is 31.4 Å². The van der Waals surface area contributed by atoms with Crippen molar-refractivity contribution in [1.82, 2.24) is 24.9 Å². The summed E-state index contributed by atoms with van der Waals surface area (Å²) < 4.78 is 20.2. The molecule has 0 aliphatic heterocycles. The van der Waals surface area contributed by atoms with Gasteiger partial charge in [0.25, 0.3) is 5.91 Å². The fourth-order valence-electron chi connectivity index (χ4n) is 2.85. The highest BCUT2D eigenvalue weighted by molar-refractivity contribution is 5.93. The maximum atomic E-state index is 13.1. The molecule has 4 rings (SSSR count). The van der Waals surface area contributed by atoms with E-state index in [-0.39, 0.29) is 11.7 Å². The van der Waals surface area contributed by atoms with Gasteiger partial charge in [0.15, 0.2) is 11.5 Å². The maximum Gasteiger partial charge on any atom is 0.274 e. The first kappa shape index (κ1) is 17.7. The molecule has 1 aromatic carbocycles. The third kappa shape index (κ3) is 3.57. The molecule has 0 saturated heterocycles. The molecule has 0 fully saturated rings. The number of hydrogen-bond acceptors (Lipinski definition) is 4. The number of furan rings is 1. The van der Waals surface area contributed by atoms with E-state index in [1.807, 2.05) is 19.1 Å². The molecule has 0 spiro atoms. The van der Waals surface area contributed by atoms with E-state index in [0.717, 1.165) is 17.0 Å². The van der Waals surface area contributed by atoms with Crippen LogP contribution in [-0.4, -0.2) is 37.8 Å². The van der Waals surface area contributed by atoms with Crippen molar-refractivity contribution in [1.29, 1.82) is 0 Å². The van der Waals surface area contributed by atoms with E-state index >= 15 is 0 Å². The molecule has 4 aromatic rings. The molecule has 0 bridgehead atoms. The van der Waals surface area contributed by atoms with Gasteiger partial charge >= 0.3 is 0 Å². The Morgan fingerprint density at radius 2 is 2.04 bits per heavy atom. The molecule has 8 heteroatoms. The molecule has 3 heterocycles. The van der Waals surface area contributed by atoms with Crippen LogP contribution in [0, 0.1) is 12.7 Å². The summed E-state index contributed by atoms with van der Waals surface area (Å²) in [5.41, 5.74) is 2.54. The predicted octanol–water partition coefficient (Wildman–Crippen LogP) is 3.58. The van der Waals surface area contributed by atoms with E-state index in [4.69, 9.17) is 4.42 Å². The summed E-state index contributed by atoms with van der Waals surface area (Å²) in [6, 6.07) is 11.4. The zero-order chi connectivity index (χ0) is 19.7. The van der Waals surface area contributed by atoms with Crippen LogP contribution in [0.3, 0.4) is 0 Å². The van der Waals surface area contributed by atoms with Crippen molar-refractivity contribution in [3.63, 3.8) is 0 Å². The fourth-order valence-corrected chi connectivity index (χ4v) is 2.85. The van der Waals surface area contributed by atoms with E-state index in [0.29, 0.717) is 23.7 Å². The third-order valence-corrected chi connectivity index (χ3v) is 4.30. The first-order valence-electron chi connectivity index (χ1n) is 8.67. The van der Waals surface area contributed by atoms with Crippen molar-refractivity contribution in [2.24, 2.45) is 0 Å². The van der Waals surface area contributed by atoms with Crippen LogP contribution >= 0.6 is 0 Å². The number of carbonyl (C=O) groups is 1. The summed E-state index contributed by atoms with van der Waals surface area (Å²) in [6.07, 6.45) is 3.48. The van der Waals surface area contributed by atoms with Gasteiger partial charge in [-0.1, -0.05) is 0 Å². The number of nitrogens with one attached hydrogen (secondary N) is 1. The summed E-state index contributed by atoms with van der Waals surface area (Å²) >= 11 is 0. The van der Waals surface area contributed by atoms with Gasteiger partial charge in [-0.3, -0.25) is 9.89 Å². The Balaban J connectivity index is 1.45. The second-order valence-electron chi connectivity index (χ2n) is 6.51. The van der Waals surface area contributed by atoms with E-state index < -0.39 is 0 Å². The monoisotopic (exact) mass is 379 g/mol. The largest absolute Gasteiger partial charge is 0.460 e. The van der Waals surface area contributed by atoms with Crippen molar-refractivity contribution in [2.75, 3.05) is 7.05 Å². The highest BCUT2D eigenvalue weighted by atomic mass is 19.1. The first-order valence-corrected chi connectivity index (χ1v) is 8.67. The van der Waals surface area contributed by atoms with Crippen LogP contribution in [0.25, 0.3) is 17.1 Å². The Kier molecular flexibility index (Phi) is 4.52. The molecule has 0 aliphatic carbocycles. The summed E-state index contributed by atoms with van der Waals surface area (Å²) in [5, 5.41) is 11.2. The minimum atomic E-state index is -0.301. The lowest BCUT2D eigenvalue weighted by atomic mass is 10.2. The predicted molar refractivity (Wildman–Crippen MR) is 100 cm³/mol. The first-order chi connectivity index (χ1) is 13.5. The average Bonchev–Trinajstić information content (AvgIpc) is 3.42. The number of aryl methyl sites for hydroxylation is 1. The number of H-pyrrole nitrogens is 1. The molecular formula is C20H18FN5O2. The second kappa shape index (κ2) is 7.15. The molecule has 28 heavy (non-hydrogen) atoms. The Morgan fingerprint density at radius 3 is 2.75 bits per heavy atom. The molecule has 1 N–H and O–H groups in total. The number of rotatable bonds is 5. The van der Waals surface area contributed by atoms with Crippen LogP contribution in [0.2, 0.25) is 0 Å². The smallest absolute Gasteiger partial charge is 0.274 e. The fraction of sp³-hybridized carbons (Fsp3) is 0.150. The summed E-state index contributed by atoms with van der Waals surface area (Å²) in [7, 11) is 1.70. The normalized spacial score (nSPS) is 11.0. The molecule has 142 valence electrons. The third-order valence-electron chi connectivity index (χ3n) is 4.30. The number of aromatic nitrogens is 4. The number of benzene rings is 1. The van der Waals surface area contributed by atoms with Crippen molar-refractivity contribution in [2.45, 2.75) is 13.5 Å². The molecule has 0 atom stereocenters. The minimum Gasteiger partial charge on any atom is -0.460 e. The Labute approximate surface area is 160 Å². The standard InChI is InChI=1S/C20H18FN5O2/c1-13-3-8-19(28-13)17-9-18(24-23-17)20(27)25(2)11-14-10-22-26(12-14)16-6-4-15(21)5-7-16/h3-10,12H,11H2,1-2H3,(H,23,24). The van der Waals surface area contributed by atoms with E-state index in [9.17, 15) is 9.18 Å². The Hall–Kier alpha value is -3.68. The van der Waals surface area contributed by atoms with Gasteiger partial charge < -0.3 is 9.32 Å². The van der Waals surface area contributed by atoms with E-state index in [2.05, 4.69) is 15.3 Å². The maximum absolute atomic E-state index is 13.1. The van der Waals surface area contributed by atoms with Crippen LogP contribution < -0.4 is 0 Å². The van der Waals surface area contributed by atoms with E-state index in [1.54, 1.807) is 47.2 Å². The lowest BCUT2D eigenvalue weighted by Gasteiger charge is -2.14. The van der Waals surface area contributed by atoms with Gasteiger partial charge in [0.05, 0.1) is 11.9 Å². The average molecular weight is 379 g/mol. The molecule has 3 aromatic heterocycles. The molecule has 7 nitrogen and oxygen atoms in total. The number of amides is 1. The van der Waals surface area contributed by atoms with Crippen molar-refractivity contribution >= 4 is 5.91 Å². The Bertz CT molecular complexity index is 1110. The van der Waals surface area contributed by atoms with E-state index in [1.165, 1.54) is 12.1 Å². The van der Waals surface area contributed by atoms with Gasteiger partial charge in [-0.2, -0.15) is 10.2 Å². The SMILES string of the molecule is Cc1ccc(-c2cc(C(=O)N(C)Cc3cnn(-c4ccc(F)cc4)c3)n[nH]2)o1. The highest BCUT2D eigenvalue weighted by Gasteiger charge is 2.18. The van der Waals surface area contributed by atoms with Gasteiger partial charge in [0.2, 0.25) is 0 Å². The minimum absolute atomic E-state index is 0.222. The quantitative estimate of drug-likeness (QED) is 0.575. The summed E-state index contributed by atoms with van der Waals surface area (Å²) in [4.78, 5) is 14.2.